The molecule has 1 atom stereocenters. The average Bonchev–Trinajstić information content (AvgIpc) is 2.92. The number of rotatable bonds is 5. The number of likely N-dealkylation sites (N-methyl/N-ethyl adjacent to an activating group) is 1. The third-order valence-electron chi connectivity index (χ3n) is 2.95. The molecule has 0 aliphatic rings. The van der Waals surface area contributed by atoms with Crippen LogP contribution in [0.5, 0.6) is 0 Å². The molecule has 2 aromatic heterocycles. The Kier molecular flexibility index (Phi) is 4.62. The van der Waals surface area contributed by atoms with E-state index >= 15 is 0 Å². The summed E-state index contributed by atoms with van der Waals surface area (Å²) in [7, 11) is 4.07. The summed E-state index contributed by atoms with van der Waals surface area (Å²) < 4.78 is 1.90. The van der Waals surface area contributed by atoms with Crippen molar-refractivity contribution in [3.8, 4) is 0 Å². The molecule has 104 valence electrons. The quantitative estimate of drug-likeness (QED) is 0.922. The number of hydrogen-bond donors (Lipinski definition) is 1. The highest BCUT2D eigenvalue weighted by Gasteiger charge is 2.19. The van der Waals surface area contributed by atoms with E-state index in [0.717, 1.165) is 23.7 Å². The summed E-state index contributed by atoms with van der Waals surface area (Å²) in [6.45, 7) is 3.76. The van der Waals surface area contributed by atoms with E-state index in [1.165, 1.54) is 4.88 Å². The van der Waals surface area contributed by atoms with Crippen molar-refractivity contribution in [1.29, 1.82) is 0 Å². The van der Waals surface area contributed by atoms with Crippen molar-refractivity contribution >= 4 is 22.9 Å². The number of aryl methyl sites for hydroxylation is 1. The van der Waals surface area contributed by atoms with Crippen molar-refractivity contribution in [3.05, 3.63) is 38.8 Å². The lowest BCUT2D eigenvalue weighted by Gasteiger charge is -2.15. The molecule has 0 amide bonds. The van der Waals surface area contributed by atoms with Crippen molar-refractivity contribution in [2.75, 3.05) is 20.6 Å². The highest BCUT2D eigenvalue weighted by atomic mass is 35.5. The van der Waals surface area contributed by atoms with E-state index in [1.54, 1.807) is 17.5 Å². The second-order valence-electron chi connectivity index (χ2n) is 4.83. The Hall–Kier alpha value is -0.880. The lowest BCUT2D eigenvalue weighted by atomic mass is 10.2. The fourth-order valence-electron chi connectivity index (χ4n) is 1.91. The number of nitrogens with two attached hydrogens (primary N) is 1. The molecule has 0 bridgehead atoms. The van der Waals surface area contributed by atoms with Gasteiger partial charge in [0.05, 0.1) is 29.5 Å². The van der Waals surface area contributed by atoms with Gasteiger partial charge in [-0.25, -0.2) is 0 Å². The Morgan fingerprint density at radius 2 is 2.21 bits per heavy atom. The number of aromatic nitrogens is 2. The van der Waals surface area contributed by atoms with E-state index in [4.69, 9.17) is 17.3 Å². The molecule has 2 N–H and O–H groups in total. The minimum Gasteiger partial charge on any atom is -0.318 e. The molecule has 0 fully saturated rings. The largest absolute Gasteiger partial charge is 0.318 e. The number of hydrogen-bond acceptors (Lipinski definition) is 4. The summed E-state index contributed by atoms with van der Waals surface area (Å²) >= 11 is 7.94. The Balaban J connectivity index is 2.25. The van der Waals surface area contributed by atoms with Gasteiger partial charge in [0, 0.05) is 16.3 Å². The van der Waals surface area contributed by atoms with Crippen molar-refractivity contribution in [3.63, 3.8) is 0 Å². The molecule has 0 aliphatic carbocycles. The molecule has 0 aliphatic heterocycles. The molecular formula is C13H19ClN4S. The van der Waals surface area contributed by atoms with Crippen molar-refractivity contribution in [2.45, 2.75) is 19.5 Å². The molecule has 0 saturated carbocycles. The van der Waals surface area contributed by atoms with Crippen LogP contribution < -0.4 is 5.73 Å². The van der Waals surface area contributed by atoms with Crippen LogP contribution in [0.1, 0.15) is 21.5 Å². The van der Waals surface area contributed by atoms with Gasteiger partial charge in [-0.2, -0.15) is 5.10 Å². The molecular weight excluding hydrogens is 280 g/mol. The first-order valence-electron chi connectivity index (χ1n) is 6.17. The Morgan fingerprint density at radius 1 is 1.47 bits per heavy atom. The van der Waals surface area contributed by atoms with Gasteiger partial charge in [0.1, 0.15) is 0 Å². The van der Waals surface area contributed by atoms with Crippen LogP contribution >= 0.6 is 22.9 Å². The highest BCUT2D eigenvalue weighted by molar-refractivity contribution is 7.12. The van der Waals surface area contributed by atoms with Crippen molar-refractivity contribution < 1.29 is 0 Å². The standard InChI is InChI=1S/C13H19ClN4S/c1-9-4-5-11(19-9)12(15)13-10(14)8-16-18(13)7-6-17(2)3/h4-5,8,12H,6-7,15H2,1-3H3. The topological polar surface area (TPSA) is 47.1 Å². The first-order valence-corrected chi connectivity index (χ1v) is 7.36. The molecule has 1 unspecified atom stereocenters. The number of thiophene rings is 1. The Morgan fingerprint density at radius 3 is 2.79 bits per heavy atom. The van der Waals surface area contributed by atoms with Crippen LogP contribution in [-0.2, 0) is 6.54 Å². The first kappa shape index (κ1) is 14.5. The molecule has 2 rings (SSSR count). The van der Waals surface area contributed by atoms with E-state index < -0.39 is 0 Å². The van der Waals surface area contributed by atoms with Crippen LogP contribution in [0.25, 0.3) is 0 Å². The first-order chi connectivity index (χ1) is 8.99. The summed E-state index contributed by atoms with van der Waals surface area (Å²) in [6.07, 6.45) is 1.67. The van der Waals surface area contributed by atoms with Crippen LogP contribution in [0.4, 0.5) is 0 Å². The molecule has 2 heterocycles. The number of nitrogens with zero attached hydrogens (tertiary/aromatic N) is 3. The van der Waals surface area contributed by atoms with Gasteiger partial charge in [-0.3, -0.25) is 4.68 Å². The zero-order valence-corrected chi connectivity index (χ0v) is 13.0. The molecule has 4 nitrogen and oxygen atoms in total. The molecule has 0 aromatic carbocycles. The monoisotopic (exact) mass is 298 g/mol. The maximum atomic E-state index is 6.33. The minimum atomic E-state index is -0.212. The summed E-state index contributed by atoms with van der Waals surface area (Å²) in [5.41, 5.74) is 7.23. The van der Waals surface area contributed by atoms with Crippen molar-refractivity contribution in [2.24, 2.45) is 5.73 Å². The predicted octanol–water partition coefficient (Wildman–Crippen LogP) is 2.52. The van der Waals surface area contributed by atoms with E-state index in [1.807, 2.05) is 18.8 Å². The summed E-state index contributed by atoms with van der Waals surface area (Å²) in [5, 5.41) is 4.96. The van der Waals surface area contributed by atoms with Gasteiger partial charge in [0.2, 0.25) is 0 Å². The SMILES string of the molecule is Cc1ccc(C(N)c2c(Cl)cnn2CCN(C)C)s1. The Labute approximate surface area is 122 Å². The van der Waals surface area contributed by atoms with Gasteiger partial charge >= 0.3 is 0 Å². The summed E-state index contributed by atoms with van der Waals surface area (Å²) in [4.78, 5) is 4.48. The third kappa shape index (κ3) is 3.36. The van der Waals surface area contributed by atoms with Crippen LogP contribution in [0.2, 0.25) is 5.02 Å². The molecule has 0 radical (unpaired) electrons. The van der Waals surface area contributed by atoms with Gasteiger partial charge in [0.25, 0.3) is 0 Å². The smallest absolute Gasteiger partial charge is 0.0838 e. The zero-order chi connectivity index (χ0) is 14.0. The van der Waals surface area contributed by atoms with Gasteiger partial charge in [-0.1, -0.05) is 11.6 Å². The van der Waals surface area contributed by atoms with Crippen LogP contribution in [0.15, 0.2) is 18.3 Å². The second-order valence-corrected chi connectivity index (χ2v) is 6.56. The van der Waals surface area contributed by atoms with E-state index in [2.05, 4.69) is 29.1 Å². The lowest BCUT2D eigenvalue weighted by molar-refractivity contribution is 0.368. The maximum Gasteiger partial charge on any atom is 0.0838 e. The van der Waals surface area contributed by atoms with Crippen molar-refractivity contribution in [1.82, 2.24) is 14.7 Å². The van der Waals surface area contributed by atoms with Crippen LogP contribution in [0.3, 0.4) is 0 Å². The lowest BCUT2D eigenvalue weighted by Crippen LogP contribution is -2.23. The Bertz CT molecular complexity index is 547. The van der Waals surface area contributed by atoms with Crippen LogP contribution in [-0.4, -0.2) is 35.3 Å². The predicted molar refractivity (Wildman–Crippen MR) is 80.9 cm³/mol. The van der Waals surface area contributed by atoms with Gasteiger partial charge in [-0.05, 0) is 33.2 Å². The molecule has 2 aromatic rings. The molecule has 0 spiro atoms. The van der Waals surface area contributed by atoms with E-state index in [-0.39, 0.29) is 6.04 Å². The summed E-state index contributed by atoms with van der Waals surface area (Å²) in [5.74, 6) is 0. The van der Waals surface area contributed by atoms with Gasteiger partial charge < -0.3 is 10.6 Å². The maximum absolute atomic E-state index is 6.33. The van der Waals surface area contributed by atoms with E-state index in [9.17, 15) is 0 Å². The fraction of sp³-hybridized carbons (Fsp3) is 0.462. The summed E-state index contributed by atoms with van der Waals surface area (Å²) in [6, 6.07) is 3.93. The average molecular weight is 299 g/mol. The van der Waals surface area contributed by atoms with Gasteiger partial charge in [-0.15, -0.1) is 11.3 Å². The van der Waals surface area contributed by atoms with E-state index in [0.29, 0.717) is 5.02 Å². The normalized spacial score (nSPS) is 13.2. The second kappa shape index (κ2) is 6.05. The number of halogens is 1. The molecule has 19 heavy (non-hydrogen) atoms. The van der Waals surface area contributed by atoms with Crippen LogP contribution in [0, 0.1) is 6.92 Å². The van der Waals surface area contributed by atoms with Gasteiger partial charge in [0.15, 0.2) is 0 Å². The fourth-order valence-corrected chi connectivity index (χ4v) is 3.05. The zero-order valence-electron chi connectivity index (χ0n) is 11.4. The molecule has 6 heteroatoms. The minimum absolute atomic E-state index is 0.212. The highest BCUT2D eigenvalue weighted by Crippen LogP contribution is 2.30. The third-order valence-corrected chi connectivity index (χ3v) is 4.33. The molecule has 0 saturated heterocycles.